The van der Waals surface area contributed by atoms with Crippen LogP contribution in [0, 0.1) is 5.82 Å². The predicted molar refractivity (Wildman–Crippen MR) is 45.1 cm³/mol. The summed E-state index contributed by atoms with van der Waals surface area (Å²) < 4.78 is 74.0. The second-order valence-corrected chi connectivity index (χ2v) is 3.90. The molecule has 0 amide bonds. The Morgan fingerprint density at radius 2 is 1.75 bits per heavy atom. The molecule has 16 heavy (non-hydrogen) atoms. The fourth-order valence-corrected chi connectivity index (χ4v) is 1.27. The summed E-state index contributed by atoms with van der Waals surface area (Å²) in [5, 5.41) is 4.42. The first-order valence-electron chi connectivity index (χ1n) is 3.68. The third-order valence-corrected chi connectivity index (χ3v) is 1.84. The van der Waals surface area contributed by atoms with Crippen LogP contribution in [0.25, 0.3) is 0 Å². The van der Waals surface area contributed by atoms with Crippen LogP contribution in [0.2, 0.25) is 0 Å². The average molecular weight is 259 g/mol. The van der Waals surface area contributed by atoms with E-state index in [2.05, 4.69) is 9.32 Å². The van der Waals surface area contributed by atoms with E-state index in [0.29, 0.717) is 12.1 Å². The molecule has 0 heterocycles. The topological polar surface area (TPSA) is 69.4 Å². The van der Waals surface area contributed by atoms with E-state index in [1.54, 1.807) is 0 Å². The molecule has 1 aromatic carbocycles. The molecule has 0 saturated carbocycles. The number of hydrogen-bond acceptors (Lipinski definition) is 3. The molecule has 1 aromatic rings. The van der Waals surface area contributed by atoms with Crippen LogP contribution < -0.4 is 9.32 Å². The van der Waals surface area contributed by atoms with Crippen LogP contribution in [-0.2, 0) is 16.5 Å². The molecule has 0 unspecified atom stereocenters. The molecule has 0 aliphatic heterocycles. The Hall–Kier alpha value is -1.35. The van der Waals surface area contributed by atoms with Crippen molar-refractivity contribution >= 4 is 10.3 Å². The van der Waals surface area contributed by atoms with E-state index < -0.39 is 33.6 Å². The zero-order valence-electron chi connectivity index (χ0n) is 7.45. The third-order valence-electron chi connectivity index (χ3n) is 1.41. The molecule has 90 valence electrons. The van der Waals surface area contributed by atoms with Gasteiger partial charge in [-0.1, -0.05) is 0 Å². The van der Waals surface area contributed by atoms with Gasteiger partial charge >= 0.3 is 16.5 Å². The van der Waals surface area contributed by atoms with Crippen molar-refractivity contribution in [3.05, 3.63) is 29.6 Å². The Kier molecular flexibility index (Phi) is 3.10. The standard InChI is InChI=1S/C7H5F4NO3S/c8-5-1-4(7(9,10)11)2-6(3-5)15-16(12,13)14/h1-3H,(H2,12,13,14). The maximum Gasteiger partial charge on any atom is 0.416 e. The summed E-state index contributed by atoms with van der Waals surface area (Å²) in [6.07, 6.45) is -4.81. The highest BCUT2D eigenvalue weighted by Gasteiger charge is 2.31. The lowest BCUT2D eigenvalue weighted by atomic mass is 10.2. The molecule has 0 radical (unpaired) electrons. The highest BCUT2D eigenvalue weighted by Crippen LogP contribution is 2.32. The monoisotopic (exact) mass is 259 g/mol. The molecule has 0 spiro atoms. The SMILES string of the molecule is NS(=O)(=O)Oc1cc(F)cc(C(F)(F)F)c1. The van der Waals surface area contributed by atoms with E-state index in [9.17, 15) is 26.0 Å². The summed E-state index contributed by atoms with van der Waals surface area (Å²) >= 11 is 0. The minimum absolute atomic E-state index is 0.204. The van der Waals surface area contributed by atoms with E-state index in [0.717, 1.165) is 0 Å². The summed E-state index contributed by atoms with van der Waals surface area (Å²) in [6, 6.07) is 1.00. The summed E-state index contributed by atoms with van der Waals surface area (Å²) in [5.74, 6) is -2.12. The fraction of sp³-hybridized carbons (Fsp3) is 0.143. The molecule has 0 fully saturated rings. The predicted octanol–water partition coefficient (Wildman–Crippen LogP) is 1.43. The summed E-state index contributed by atoms with van der Waals surface area (Å²) in [5.41, 5.74) is -1.37. The lowest BCUT2D eigenvalue weighted by Gasteiger charge is -2.09. The molecule has 4 nitrogen and oxygen atoms in total. The van der Waals surface area contributed by atoms with E-state index >= 15 is 0 Å². The Morgan fingerprint density at radius 1 is 1.19 bits per heavy atom. The van der Waals surface area contributed by atoms with Gasteiger partial charge in [-0.15, -0.1) is 0 Å². The lowest BCUT2D eigenvalue weighted by molar-refractivity contribution is -0.137. The van der Waals surface area contributed by atoms with Gasteiger partial charge in [0.05, 0.1) is 5.56 Å². The molecule has 0 atom stereocenters. The van der Waals surface area contributed by atoms with Gasteiger partial charge in [0.1, 0.15) is 11.6 Å². The lowest BCUT2D eigenvalue weighted by Crippen LogP contribution is -2.19. The van der Waals surface area contributed by atoms with Gasteiger partial charge in [-0.05, 0) is 12.1 Å². The van der Waals surface area contributed by atoms with Crippen molar-refractivity contribution in [2.45, 2.75) is 6.18 Å². The second kappa shape index (κ2) is 3.91. The van der Waals surface area contributed by atoms with E-state index in [4.69, 9.17) is 0 Å². The highest BCUT2D eigenvalue weighted by atomic mass is 32.2. The van der Waals surface area contributed by atoms with Crippen molar-refractivity contribution in [1.82, 2.24) is 0 Å². The first kappa shape index (κ1) is 12.7. The van der Waals surface area contributed by atoms with Crippen LogP contribution in [0.1, 0.15) is 5.56 Å². The molecule has 0 saturated heterocycles. The van der Waals surface area contributed by atoms with Crippen LogP contribution >= 0.6 is 0 Å². The van der Waals surface area contributed by atoms with Gasteiger partial charge in [0.15, 0.2) is 0 Å². The van der Waals surface area contributed by atoms with Gasteiger partial charge in [0.2, 0.25) is 0 Å². The molecule has 0 aliphatic rings. The van der Waals surface area contributed by atoms with Crippen molar-refractivity contribution in [2.75, 3.05) is 0 Å². The van der Waals surface area contributed by atoms with Gasteiger partial charge in [-0.2, -0.15) is 26.7 Å². The van der Waals surface area contributed by atoms with Crippen molar-refractivity contribution in [3.63, 3.8) is 0 Å². The van der Waals surface area contributed by atoms with Gasteiger partial charge in [0.25, 0.3) is 0 Å². The molecule has 0 aliphatic carbocycles. The number of rotatable bonds is 2. The van der Waals surface area contributed by atoms with E-state index in [-0.39, 0.29) is 6.07 Å². The number of benzene rings is 1. The minimum Gasteiger partial charge on any atom is -0.371 e. The van der Waals surface area contributed by atoms with Gasteiger partial charge in [-0.25, -0.2) is 4.39 Å². The number of halogens is 4. The summed E-state index contributed by atoms with van der Waals surface area (Å²) in [4.78, 5) is 0. The maximum atomic E-state index is 12.7. The van der Waals surface area contributed by atoms with Crippen LogP contribution in [0.3, 0.4) is 0 Å². The quantitative estimate of drug-likeness (QED) is 0.817. The average Bonchev–Trinajstić information content (AvgIpc) is 1.97. The van der Waals surface area contributed by atoms with Crippen molar-refractivity contribution < 1.29 is 30.2 Å². The zero-order valence-corrected chi connectivity index (χ0v) is 8.27. The van der Waals surface area contributed by atoms with Crippen molar-refractivity contribution in [2.24, 2.45) is 5.14 Å². The van der Waals surface area contributed by atoms with Crippen molar-refractivity contribution in [3.8, 4) is 5.75 Å². The normalized spacial score (nSPS) is 12.6. The zero-order chi connectivity index (χ0) is 12.6. The Labute approximate surface area is 87.9 Å². The highest BCUT2D eigenvalue weighted by molar-refractivity contribution is 7.84. The number of nitrogens with two attached hydrogens (primary N) is 1. The summed E-state index contributed by atoms with van der Waals surface area (Å²) in [6.45, 7) is 0. The first-order valence-corrected chi connectivity index (χ1v) is 5.15. The largest absolute Gasteiger partial charge is 0.416 e. The molecule has 2 N–H and O–H groups in total. The molecule has 0 aromatic heterocycles. The molecule has 9 heteroatoms. The first-order chi connectivity index (χ1) is 7.08. The fourth-order valence-electron chi connectivity index (χ4n) is 0.909. The van der Waals surface area contributed by atoms with E-state index in [1.807, 2.05) is 0 Å². The van der Waals surface area contributed by atoms with Crippen LogP contribution in [0.5, 0.6) is 5.75 Å². The van der Waals surface area contributed by atoms with Gasteiger partial charge in [0, 0.05) is 6.07 Å². The smallest absolute Gasteiger partial charge is 0.371 e. The Bertz CT molecular complexity index is 497. The molecule has 1 rings (SSSR count). The number of alkyl halides is 3. The molecular formula is C7H5F4NO3S. The third kappa shape index (κ3) is 3.66. The Morgan fingerprint density at radius 3 is 2.19 bits per heavy atom. The van der Waals surface area contributed by atoms with Crippen molar-refractivity contribution in [1.29, 1.82) is 0 Å². The molecule has 0 bridgehead atoms. The van der Waals surface area contributed by atoms with Crippen LogP contribution in [0.15, 0.2) is 18.2 Å². The Balaban J connectivity index is 3.19. The second-order valence-electron chi connectivity index (χ2n) is 2.75. The maximum absolute atomic E-state index is 12.7. The number of hydrogen-bond donors (Lipinski definition) is 1. The summed E-state index contributed by atoms with van der Waals surface area (Å²) in [7, 11) is -4.49. The van der Waals surface area contributed by atoms with Gasteiger partial charge in [-0.3, -0.25) is 0 Å². The van der Waals surface area contributed by atoms with Crippen LogP contribution in [-0.4, -0.2) is 8.42 Å². The van der Waals surface area contributed by atoms with Crippen LogP contribution in [0.4, 0.5) is 17.6 Å². The minimum atomic E-state index is -4.81. The van der Waals surface area contributed by atoms with E-state index in [1.165, 1.54) is 0 Å². The van der Waals surface area contributed by atoms with Gasteiger partial charge < -0.3 is 4.18 Å². The molecular weight excluding hydrogens is 254 g/mol.